The molecule has 0 bridgehead atoms. The molecule has 0 saturated carbocycles. The monoisotopic (exact) mass is 682 g/mol. The molecule has 4 heterocycles. The van der Waals surface area contributed by atoms with Gasteiger partial charge in [-0.25, -0.2) is 0 Å². The first-order valence-corrected chi connectivity index (χ1v) is 18.3. The highest BCUT2D eigenvalue weighted by molar-refractivity contribution is 6.30. The number of hydrogen-bond acceptors (Lipinski definition) is 6. The Balaban J connectivity index is 1.06. The predicted molar refractivity (Wildman–Crippen MR) is 192 cm³/mol. The predicted octanol–water partition coefficient (Wildman–Crippen LogP) is 4.24. The zero-order valence-corrected chi connectivity index (χ0v) is 28.9. The molecule has 258 valence electrons. The lowest BCUT2D eigenvalue weighted by atomic mass is 9.85. The van der Waals surface area contributed by atoms with E-state index in [0.29, 0.717) is 63.6 Å². The normalized spacial score (nSPS) is 21.4. The van der Waals surface area contributed by atoms with Crippen LogP contribution in [0.15, 0.2) is 78.9 Å². The summed E-state index contributed by atoms with van der Waals surface area (Å²) in [5.41, 5.74) is 3.60. The van der Waals surface area contributed by atoms with Crippen molar-refractivity contribution in [1.29, 1.82) is 0 Å². The summed E-state index contributed by atoms with van der Waals surface area (Å²) in [6.45, 7) is 5.85. The molecule has 2 N–H and O–H groups in total. The van der Waals surface area contributed by atoms with Gasteiger partial charge in [0.25, 0.3) is 0 Å². The van der Waals surface area contributed by atoms with Crippen LogP contribution in [0.2, 0.25) is 5.02 Å². The summed E-state index contributed by atoms with van der Waals surface area (Å²) in [4.78, 5) is 50.9. The van der Waals surface area contributed by atoms with Crippen molar-refractivity contribution >= 4 is 35.0 Å². The third-order valence-corrected chi connectivity index (χ3v) is 11.2. The topological polar surface area (TPSA) is 88.2 Å². The van der Waals surface area contributed by atoms with Gasteiger partial charge in [0.05, 0.1) is 12.7 Å². The Morgan fingerprint density at radius 1 is 0.857 bits per heavy atom. The zero-order valence-electron chi connectivity index (χ0n) is 28.2. The maximum absolute atomic E-state index is 14.3. The molecular formula is C39H47ClN6O3. The van der Waals surface area contributed by atoms with Crippen LogP contribution >= 0.6 is 11.6 Å². The first kappa shape index (κ1) is 33.6. The molecule has 3 aromatic rings. The number of para-hydroxylation sites is 1. The number of carbonyl (C=O) groups is 3. The van der Waals surface area contributed by atoms with Gasteiger partial charge in [0.2, 0.25) is 17.7 Å². The molecule has 49 heavy (non-hydrogen) atoms. The van der Waals surface area contributed by atoms with E-state index >= 15 is 0 Å². The smallest absolute Gasteiger partial charge is 0.250 e. The van der Waals surface area contributed by atoms with Crippen LogP contribution in [0.1, 0.15) is 48.8 Å². The summed E-state index contributed by atoms with van der Waals surface area (Å²) in [6.07, 6.45) is 5.73. The van der Waals surface area contributed by atoms with Crippen LogP contribution in [0.25, 0.3) is 0 Å². The molecule has 0 aliphatic carbocycles. The SMILES string of the molecule is O=C(N[C@H](Cc1ccc(Cl)cc1)C(=O)N1CCC2(CC1)C(=O)N(CCN1CCCCC1)CN2c1ccccc1)[C@H]1Cc2ccccc2CN1. The van der Waals surface area contributed by atoms with E-state index in [2.05, 4.69) is 44.7 Å². The highest BCUT2D eigenvalue weighted by Crippen LogP contribution is 2.39. The number of nitrogens with one attached hydrogen (secondary N) is 2. The van der Waals surface area contributed by atoms with Crippen LogP contribution in [0, 0.1) is 0 Å². The average Bonchev–Trinajstić information content (AvgIpc) is 3.41. The second kappa shape index (κ2) is 14.9. The molecule has 4 aliphatic rings. The maximum atomic E-state index is 14.3. The Hall–Kier alpha value is -3.92. The van der Waals surface area contributed by atoms with Crippen molar-refractivity contribution < 1.29 is 14.4 Å². The van der Waals surface area contributed by atoms with Gasteiger partial charge in [-0.15, -0.1) is 0 Å². The second-order valence-corrected chi connectivity index (χ2v) is 14.5. The van der Waals surface area contributed by atoms with Gasteiger partial charge in [-0.1, -0.05) is 72.6 Å². The van der Waals surface area contributed by atoms with Crippen LogP contribution in [0.3, 0.4) is 0 Å². The third-order valence-electron chi connectivity index (χ3n) is 11.0. The molecule has 3 aromatic carbocycles. The number of rotatable bonds is 9. The lowest BCUT2D eigenvalue weighted by Crippen LogP contribution is -2.60. The lowest BCUT2D eigenvalue weighted by Gasteiger charge is -2.44. The summed E-state index contributed by atoms with van der Waals surface area (Å²) >= 11 is 6.17. The third kappa shape index (κ3) is 7.35. The molecule has 1 spiro atoms. The molecule has 3 fully saturated rings. The van der Waals surface area contributed by atoms with E-state index in [9.17, 15) is 14.4 Å². The van der Waals surface area contributed by atoms with Gasteiger partial charge in [0.1, 0.15) is 11.6 Å². The van der Waals surface area contributed by atoms with E-state index in [1.54, 1.807) is 0 Å². The Bertz CT molecular complexity index is 1620. The van der Waals surface area contributed by atoms with Crippen LogP contribution in [-0.4, -0.2) is 96.0 Å². The first-order valence-electron chi connectivity index (χ1n) is 17.9. The number of nitrogens with zero attached hydrogens (tertiary/aromatic N) is 4. The van der Waals surface area contributed by atoms with E-state index in [0.717, 1.165) is 36.4 Å². The van der Waals surface area contributed by atoms with Gasteiger partial charge in [-0.05, 0) is 86.1 Å². The molecule has 4 aliphatic heterocycles. The fourth-order valence-corrected chi connectivity index (χ4v) is 8.23. The van der Waals surface area contributed by atoms with Gasteiger partial charge in [0.15, 0.2) is 0 Å². The molecule has 0 aromatic heterocycles. The van der Waals surface area contributed by atoms with Gasteiger partial charge in [-0.2, -0.15) is 0 Å². The number of benzene rings is 3. The van der Waals surface area contributed by atoms with E-state index < -0.39 is 17.6 Å². The molecule has 7 rings (SSSR count). The molecule has 2 atom stereocenters. The highest BCUT2D eigenvalue weighted by atomic mass is 35.5. The van der Waals surface area contributed by atoms with Gasteiger partial charge in [-0.3, -0.25) is 14.4 Å². The Kier molecular flexibility index (Phi) is 10.2. The Morgan fingerprint density at radius 3 is 2.29 bits per heavy atom. The van der Waals surface area contributed by atoms with Crippen molar-refractivity contribution in [1.82, 2.24) is 25.3 Å². The fraction of sp³-hybridized carbons (Fsp3) is 0.462. The van der Waals surface area contributed by atoms with Crippen molar-refractivity contribution in [3.63, 3.8) is 0 Å². The van der Waals surface area contributed by atoms with E-state index in [4.69, 9.17) is 11.6 Å². The number of likely N-dealkylation sites (tertiary alicyclic amines) is 2. The summed E-state index contributed by atoms with van der Waals surface area (Å²) in [7, 11) is 0. The Labute approximate surface area is 294 Å². The summed E-state index contributed by atoms with van der Waals surface area (Å²) in [5.74, 6) is -0.135. The minimum absolute atomic E-state index is 0.118. The summed E-state index contributed by atoms with van der Waals surface area (Å²) < 4.78 is 0. The molecule has 10 heteroatoms. The van der Waals surface area contributed by atoms with Crippen molar-refractivity contribution in [2.45, 2.75) is 69.1 Å². The largest absolute Gasteiger partial charge is 0.343 e. The van der Waals surface area contributed by atoms with E-state index in [1.165, 1.54) is 24.8 Å². The van der Waals surface area contributed by atoms with Gasteiger partial charge < -0.3 is 30.2 Å². The standard InChI is InChI=1S/C39H47ClN6O3/c40-32-15-13-29(14-16-32)25-35(42-36(47)34-26-30-9-5-6-10-31(30)27-41-34)37(48)44-21-17-39(18-22-44)38(49)45(24-23-43-19-7-2-8-20-43)28-46(39)33-11-3-1-4-12-33/h1,3-6,9-16,34-35,41H,2,7-8,17-28H2,(H,42,47)/t34-,35-/m1/s1. The van der Waals surface area contributed by atoms with Crippen molar-refractivity contribution in [2.75, 3.05) is 50.8 Å². The number of fused-ring (bicyclic) bond motifs is 1. The van der Waals surface area contributed by atoms with Crippen molar-refractivity contribution in [3.05, 3.63) is 101 Å². The van der Waals surface area contributed by atoms with Crippen LogP contribution in [-0.2, 0) is 33.8 Å². The van der Waals surface area contributed by atoms with E-state index in [1.807, 2.05) is 64.4 Å². The fourth-order valence-electron chi connectivity index (χ4n) is 8.10. The second-order valence-electron chi connectivity index (χ2n) is 14.0. The molecular weight excluding hydrogens is 636 g/mol. The number of halogens is 1. The lowest BCUT2D eigenvalue weighted by molar-refractivity contribution is -0.141. The summed E-state index contributed by atoms with van der Waals surface area (Å²) in [5, 5.41) is 7.10. The van der Waals surface area contributed by atoms with Crippen molar-refractivity contribution in [3.8, 4) is 0 Å². The molecule has 0 radical (unpaired) electrons. The van der Waals surface area contributed by atoms with Crippen LogP contribution in [0.4, 0.5) is 5.69 Å². The quantitative estimate of drug-likeness (QED) is 0.351. The van der Waals surface area contributed by atoms with Crippen LogP contribution in [0.5, 0.6) is 0 Å². The van der Waals surface area contributed by atoms with Crippen LogP contribution < -0.4 is 15.5 Å². The number of hydrogen-bond donors (Lipinski definition) is 2. The van der Waals surface area contributed by atoms with E-state index in [-0.39, 0.29) is 17.7 Å². The molecule has 9 nitrogen and oxygen atoms in total. The van der Waals surface area contributed by atoms with Crippen molar-refractivity contribution in [2.24, 2.45) is 0 Å². The van der Waals surface area contributed by atoms with Gasteiger partial charge >= 0.3 is 0 Å². The number of amides is 3. The maximum Gasteiger partial charge on any atom is 0.250 e. The average molecular weight is 683 g/mol. The first-order chi connectivity index (χ1) is 23.9. The molecule has 3 saturated heterocycles. The Morgan fingerprint density at radius 2 is 1.55 bits per heavy atom. The number of anilines is 1. The summed E-state index contributed by atoms with van der Waals surface area (Å²) in [6, 6.07) is 24.6. The zero-order chi connectivity index (χ0) is 33.8. The minimum atomic E-state index is -0.743. The van der Waals surface area contributed by atoms with Gasteiger partial charge in [0, 0.05) is 49.9 Å². The molecule has 3 amide bonds. The highest BCUT2D eigenvalue weighted by Gasteiger charge is 2.54. The number of carbonyl (C=O) groups excluding carboxylic acids is 3. The minimum Gasteiger partial charge on any atom is -0.343 e. The molecule has 0 unspecified atom stereocenters. The number of piperidine rings is 2.